The van der Waals surface area contributed by atoms with Gasteiger partial charge < -0.3 is 20.3 Å². The van der Waals surface area contributed by atoms with Gasteiger partial charge in [-0.2, -0.15) is 0 Å². The highest BCUT2D eigenvalue weighted by Gasteiger charge is 2.12. The maximum Gasteiger partial charge on any atom is 0.312 e. The number of hydrogen-bond acceptors (Lipinski definition) is 6. The van der Waals surface area contributed by atoms with E-state index >= 15 is 0 Å². The quantitative estimate of drug-likeness (QED) is 0.483. The Labute approximate surface area is 149 Å². The number of amides is 3. The number of aryl methyl sites for hydroxylation is 1. The number of primary amides is 1. The molecule has 0 atom stereocenters. The number of benzene rings is 1. The first-order valence-electron chi connectivity index (χ1n) is 7.96. The molecule has 0 saturated carbocycles. The zero-order valence-corrected chi connectivity index (χ0v) is 14.3. The molecule has 0 fully saturated rings. The Morgan fingerprint density at radius 1 is 1.23 bits per heavy atom. The standard InChI is InChI=1S/C17H20N4O5/c1-11-4-6-12(7-5-11)13-9-15(26-21-13)20-14(22)10-25-16(23)3-2-8-19-17(18)24/h4-7,9H,2-3,8,10H2,1H3,(H,20,22)(H3,18,19,24). The lowest BCUT2D eigenvalue weighted by Gasteiger charge is -2.04. The predicted octanol–water partition coefficient (Wildman–Crippen LogP) is 1.58. The summed E-state index contributed by atoms with van der Waals surface area (Å²) in [6.45, 7) is 1.80. The first-order valence-corrected chi connectivity index (χ1v) is 7.96. The van der Waals surface area contributed by atoms with Gasteiger partial charge in [0.1, 0.15) is 5.69 Å². The molecule has 0 spiro atoms. The maximum atomic E-state index is 11.8. The van der Waals surface area contributed by atoms with Gasteiger partial charge in [0.2, 0.25) is 5.88 Å². The van der Waals surface area contributed by atoms with Crippen LogP contribution in [0.15, 0.2) is 34.9 Å². The molecular formula is C17H20N4O5. The van der Waals surface area contributed by atoms with Gasteiger partial charge in [0.05, 0.1) is 0 Å². The molecule has 2 rings (SSSR count). The molecule has 0 radical (unpaired) electrons. The molecule has 0 aliphatic carbocycles. The minimum absolute atomic E-state index is 0.0629. The summed E-state index contributed by atoms with van der Waals surface area (Å²) in [4.78, 5) is 33.7. The second-order valence-corrected chi connectivity index (χ2v) is 5.55. The molecule has 9 nitrogen and oxygen atoms in total. The topological polar surface area (TPSA) is 137 Å². The highest BCUT2D eigenvalue weighted by molar-refractivity contribution is 5.92. The van der Waals surface area contributed by atoms with Crippen molar-refractivity contribution in [1.29, 1.82) is 0 Å². The summed E-state index contributed by atoms with van der Waals surface area (Å²) in [5.74, 6) is -0.933. The SMILES string of the molecule is Cc1ccc(-c2cc(NC(=O)COC(=O)CCCNC(N)=O)on2)cc1. The van der Waals surface area contributed by atoms with E-state index in [2.05, 4.69) is 15.8 Å². The Morgan fingerprint density at radius 2 is 1.96 bits per heavy atom. The number of nitrogens with one attached hydrogen (secondary N) is 2. The highest BCUT2D eigenvalue weighted by Crippen LogP contribution is 2.21. The van der Waals surface area contributed by atoms with Crippen LogP contribution in [0.25, 0.3) is 11.3 Å². The third kappa shape index (κ3) is 6.27. The first kappa shape index (κ1) is 19.0. The summed E-state index contributed by atoms with van der Waals surface area (Å²) in [7, 11) is 0. The molecule has 0 bridgehead atoms. The Balaban J connectivity index is 1.73. The Kier molecular flexibility index (Phi) is 6.72. The number of ether oxygens (including phenoxy) is 1. The number of esters is 1. The third-order valence-electron chi connectivity index (χ3n) is 3.34. The molecular weight excluding hydrogens is 340 g/mol. The van der Waals surface area contributed by atoms with Gasteiger partial charge in [0, 0.05) is 24.6 Å². The van der Waals surface area contributed by atoms with Crippen molar-refractivity contribution in [2.75, 3.05) is 18.5 Å². The van der Waals surface area contributed by atoms with E-state index in [-0.39, 0.29) is 18.8 Å². The van der Waals surface area contributed by atoms with Crippen molar-refractivity contribution in [2.45, 2.75) is 19.8 Å². The van der Waals surface area contributed by atoms with Crippen LogP contribution in [0.2, 0.25) is 0 Å². The second-order valence-electron chi connectivity index (χ2n) is 5.55. The molecule has 1 heterocycles. The fraction of sp³-hybridized carbons (Fsp3) is 0.294. The highest BCUT2D eigenvalue weighted by atomic mass is 16.5. The third-order valence-corrected chi connectivity index (χ3v) is 3.34. The monoisotopic (exact) mass is 360 g/mol. The summed E-state index contributed by atoms with van der Waals surface area (Å²) >= 11 is 0. The lowest BCUT2D eigenvalue weighted by atomic mass is 10.1. The number of carbonyl (C=O) groups excluding carboxylic acids is 3. The van der Waals surface area contributed by atoms with Crippen molar-refractivity contribution in [3.05, 3.63) is 35.9 Å². The molecule has 1 aromatic carbocycles. The van der Waals surface area contributed by atoms with E-state index in [4.69, 9.17) is 15.0 Å². The fourth-order valence-corrected chi connectivity index (χ4v) is 2.03. The molecule has 138 valence electrons. The van der Waals surface area contributed by atoms with Crippen LogP contribution in [0.5, 0.6) is 0 Å². The van der Waals surface area contributed by atoms with E-state index in [1.807, 2.05) is 31.2 Å². The van der Waals surface area contributed by atoms with Crippen molar-refractivity contribution in [3.8, 4) is 11.3 Å². The Bertz CT molecular complexity index is 770. The molecule has 9 heteroatoms. The number of anilines is 1. The largest absolute Gasteiger partial charge is 0.456 e. The molecule has 2 aromatic rings. The number of urea groups is 1. The van der Waals surface area contributed by atoms with Gasteiger partial charge in [-0.05, 0) is 13.3 Å². The van der Waals surface area contributed by atoms with Crippen LogP contribution >= 0.6 is 0 Å². The summed E-state index contributed by atoms with van der Waals surface area (Å²) in [6.07, 6.45) is 0.429. The number of hydrogen-bond donors (Lipinski definition) is 3. The van der Waals surface area contributed by atoms with Gasteiger partial charge in [-0.25, -0.2) is 4.79 Å². The summed E-state index contributed by atoms with van der Waals surface area (Å²) in [5.41, 5.74) is 7.46. The normalized spacial score (nSPS) is 10.2. The lowest BCUT2D eigenvalue weighted by molar-refractivity contribution is -0.147. The van der Waals surface area contributed by atoms with E-state index in [0.29, 0.717) is 12.1 Å². The zero-order chi connectivity index (χ0) is 18.9. The van der Waals surface area contributed by atoms with Crippen LogP contribution in [0.4, 0.5) is 10.7 Å². The Hall–Kier alpha value is -3.36. The average Bonchev–Trinajstić information content (AvgIpc) is 3.06. The van der Waals surface area contributed by atoms with Gasteiger partial charge in [0.15, 0.2) is 6.61 Å². The van der Waals surface area contributed by atoms with Gasteiger partial charge in [-0.15, -0.1) is 0 Å². The molecule has 0 saturated heterocycles. The van der Waals surface area contributed by atoms with E-state index in [9.17, 15) is 14.4 Å². The molecule has 4 N–H and O–H groups in total. The van der Waals surface area contributed by atoms with Gasteiger partial charge in [-0.3, -0.25) is 14.9 Å². The van der Waals surface area contributed by atoms with Gasteiger partial charge in [-0.1, -0.05) is 35.0 Å². The van der Waals surface area contributed by atoms with Gasteiger partial charge >= 0.3 is 12.0 Å². The summed E-state index contributed by atoms with van der Waals surface area (Å²) in [5, 5.41) is 8.70. The predicted molar refractivity (Wildman–Crippen MR) is 93.1 cm³/mol. The van der Waals surface area contributed by atoms with Crippen LogP contribution in [0, 0.1) is 6.92 Å². The fourth-order valence-electron chi connectivity index (χ4n) is 2.03. The van der Waals surface area contributed by atoms with Crippen molar-refractivity contribution < 1.29 is 23.6 Å². The van der Waals surface area contributed by atoms with Crippen molar-refractivity contribution in [1.82, 2.24) is 10.5 Å². The maximum absolute atomic E-state index is 11.8. The van der Waals surface area contributed by atoms with E-state index in [0.717, 1.165) is 11.1 Å². The van der Waals surface area contributed by atoms with Crippen LogP contribution in [-0.2, 0) is 14.3 Å². The second kappa shape index (κ2) is 9.21. The lowest BCUT2D eigenvalue weighted by Crippen LogP contribution is -2.30. The van der Waals surface area contributed by atoms with Crippen LogP contribution in [0.3, 0.4) is 0 Å². The zero-order valence-electron chi connectivity index (χ0n) is 14.3. The number of rotatable bonds is 8. The van der Waals surface area contributed by atoms with Crippen molar-refractivity contribution in [3.63, 3.8) is 0 Å². The number of aromatic nitrogens is 1. The molecule has 0 unspecified atom stereocenters. The number of nitrogens with two attached hydrogens (primary N) is 1. The van der Waals surface area contributed by atoms with Crippen molar-refractivity contribution in [2.24, 2.45) is 5.73 Å². The number of nitrogens with zero attached hydrogens (tertiary/aromatic N) is 1. The van der Waals surface area contributed by atoms with Crippen LogP contribution in [0.1, 0.15) is 18.4 Å². The number of carbonyl (C=O) groups is 3. The van der Waals surface area contributed by atoms with Crippen LogP contribution < -0.4 is 16.4 Å². The van der Waals surface area contributed by atoms with Crippen LogP contribution in [-0.4, -0.2) is 36.2 Å². The van der Waals surface area contributed by atoms with E-state index in [1.54, 1.807) is 6.07 Å². The Morgan fingerprint density at radius 3 is 2.65 bits per heavy atom. The molecule has 3 amide bonds. The molecule has 0 aliphatic rings. The minimum atomic E-state index is -0.658. The van der Waals surface area contributed by atoms with Crippen molar-refractivity contribution >= 4 is 23.8 Å². The average molecular weight is 360 g/mol. The summed E-state index contributed by atoms with van der Waals surface area (Å²) < 4.78 is 9.88. The van der Waals surface area contributed by atoms with Gasteiger partial charge in [0.25, 0.3) is 5.91 Å². The minimum Gasteiger partial charge on any atom is -0.456 e. The van der Waals surface area contributed by atoms with E-state index < -0.39 is 24.5 Å². The molecule has 1 aromatic heterocycles. The molecule has 26 heavy (non-hydrogen) atoms. The molecule has 0 aliphatic heterocycles. The first-order chi connectivity index (χ1) is 12.4. The smallest absolute Gasteiger partial charge is 0.312 e. The summed E-state index contributed by atoms with van der Waals surface area (Å²) in [6, 6.07) is 8.61. The van der Waals surface area contributed by atoms with E-state index in [1.165, 1.54) is 0 Å².